The first-order valence-electron chi connectivity index (χ1n) is 4.98. The summed E-state index contributed by atoms with van der Waals surface area (Å²) in [4.78, 5) is 10.8. The molecule has 0 saturated heterocycles. The van der Waals surface area contributed by atoms with Crippen LogP contribution in [-0.2, 0) is 9.53 Å². The van der Waals surface area contributed by atoms with Crippen LogP contribution in [0.2, 0.25) is 0 Å². The molecule has 0 heterocycles. The second kappa shape index (κ2) is 5.44. The number of carboxylic acid groups (broad SMARTS) is 1. The van der Waals surface area contributed by atoms with Gasteiger partial charge in [0.05, 0.1) is 5.60 Å². The van der Waals surface area contributed by atoms with Crippen LogP contribution in [0.3, 0.4) is 0 Å². The number of aliphatic carboxylic acids is 1. The second-order valence-electron chi connectivity index (χ2n) is 4.81. The number of nitrogens with one attached hydrogen (secondary N) is 1. The Morgan fingerprint density at radius 1 is 1.33 bits per heavy atom. The molecule has 0 aliphatic rings. The van der Waals surface area contributed by atoms with Gasteiger partial charge in [0.1, 0.15) is 6.04 Å². The van der Waals surface area contributed by atoms with E-state index in [0.717, 1.165) is 0 Å². The van der Waals surface area contributed by atoms with Gasteiger partial charge in [-0.3, -0.25) is 10.1 Å². The maximum Gasteiger partial charge on any atom is 0.321 e. The molecule has 3 N–H and O–H groups in total. The summed E-state index contributed by atoms with van der Waals surface area (Å²) in [6.07, 6.45) is -1.27. The number of aliphatic hydroxyl groups excluding tert-OH is 1. The van der Waals surface area contributed by atoms with Gasteiger partial charge in [-0.2, -0.15) is 0 Å². The van der Waals surface area contributed by atoms with E-state index in [2.05, 4.69) is 5.32 Å². The Hall–Kier alpha value is -0.650. The number of rotatable bonds is 5. The van der Waals surface area contributed by atoms with E-state index < -0.39 is 24.0 Å². The molecule has 0 aromatic carbocycles. The van der Waals surface area contributed by atoms with Gasteiger partial charge in [0, 0.05) is 0 Å². The Balaban J connectivity index is 4.24. The van der Waals surface area contributed by atoms with Crippen molar-refractivity contribution in [3.05, 3.63) is 0 Å². The SMILES string of the molecule is CC(C)C(NC(O)OC(C)(C)C)C(=O)O. The number of hydrogen-bond donors (Lipinski definition) is 3. The van der Waals surface area contributed by atoms with Crippen LogP contribution in [0.4, 0.5) is 0 Å². The van der Waals surface area contributed by atoms with Crippen molar-refractivity contribution in [2.24, 2.45) is 5.92 Å². The molecule has 0 aromatic rings. The van der Waals surface area contributed by atoms with E-state index in [1.54, 1.807) is 34.6 Å². The van der Waals surface area contributed by atoms with E-state index in [1.165, 1.54) is 0 Å². The van der Waals surface area contributed by atoms with Crippen molar-refractivity contribution in [1.29, 1.82) is 0 Å². The molecule has 15 heavy (non-hydrogen) atoms. The fraction of sp³-hybridized carbons (Fsp3) is 0.900. The lowest BCUT2D eigenvalue weighted by Gasteiger charge is -2.27. The van der Waals surface area contributed by atoms with Crippen LogP contribution in [-0.4, -0.2) is 34.2 Å². The van der Waals surface area contributed by atoms with Gasteiger partial charge < -0.3 is 14.9 Å². The van der Waals surface area contributed by atoms with E-state index in [-0.39, 0.29) is 5.92 Å². The van der Waals surface area contributed by atoms with Crippen molar-refractivity contribution in [2.75, 3.05) is 0 Å². The van der Waals surface area contributed by atoms with E-state index in [0.29, 0.717) is 0 Å². The van der Waals surface area contributed by atoms with Gasteiger partial charge >= 0.3 is 5.97 Å². The molecule has 0 rings (SSSR count). The molecule has 2 unspecified atom stereocenters. The average Bonchev–Trinajstić information content (AvgIpc) is 1.95. The number of aliphatic hydroxyl groups is 1. The lowest BCUT2D eigenvalue weighted by molar-refractivity contribution is -0.191. The third kappa shape index (κ3) is 6.43. The van der Waals surface area contributed by atoms with Gasteiger partial charge in [-0.25, -0.2) is 0 Å². The standard InChI is InChI=1S/C10H21NO4/c1-6(2)7(8(12)13)11-9(14)15-10(3,4)5/h6-7,9,11,14H,1-5H3,(H,12,13). The largest absolute Gasteiger partial charge is 0.480 e. The molecular weight excluding hydrogens is 198 g/mol. The second-order valence-corrected chi connectivity index (χ2v) is 4.81. The molecule has 5 heteroatoms. The Morgan fingerprint density at radius 2 is 1.80 bits per heavy atom. The summed E-state index contributed by atoms with van der Waals surface area (Å²) < 4.78 is 5.15. The quantitative estimate of drug-likeness (QED) is 0.595. The lowest BCUT2D eigenvalue weighted by Crippen LogP contribution is -2.49. The lowest BCUT2D eigenvalue weighted by atomic mass is 10.1. The summed E-state index contributed by atoms with van der Waals surface area (Å²) in [5, 5.41) is 20.8. The van der Waals surface area contributed by atoms with Crippen LogP contribution >= 0.6 is 0 Å². The first kappa shape index (κ1) is 14.3. The highest BCUT2D eigenvalue weighted by Crippen LogP contribution is 2.10. The molecule has 0 amide bonds. The van der Waals surface area contributed by atoms with Crippen LogP contribution < -0.4 is 5.32 Å². The number of hydrogen-bond acceptors (Lipinski definition) is 4. The van der Waals surface area contributed by atoms with Crippen molar-refractivity contribution < 1.29 is 19.7 Å². The molecule has 0 saturated carbocycles. The zero-order chi connectivity index (χ0) is 12.2. The van der Waals surface area contributed by atoms with Crippen molar-refractivity contribution in [1.82, 2.24) is 5.32 Å². The maximum atomic E-state index is 10.8. The number of ether oxygens (including phenoxy) is 1. The molecule has 0 aliphatic carbocycles. The van der Waals surface area contributed by atoms with Crippen LogP contribution in [0.25, 0.3) is 0 Å². The molecule has 0 aromatic heterocycles. The monoisotopic (exact) mass is 219 g/mol. The van der Waals surface area contributed by atoms with Gasteiger partial charge in [-0.15, -0.1) is 0 Å². The molecular formula is C10H21NO4. The van der Waals surface area contributed by atoms with E-state index >= 15 is 0 Å². The van der Waals surface area contributed by atoms with Crippen molar-refractivity contribution in [2.45, 2.75) is 52.7 Å². The van der Waals surface area contributed by atoms with Crippen LogP contribution in [0.5, 0.6) is 0 Å². The normalized spacial score (nSPS) is 16.5. The smallest absolute Gasteiger partial charge is 0.321 e. The van der Waals surface area contributed by atoms with E-state index in [9.17, 15) is 9.90 Å². The van der Waals surface area contributed by atoms with E-state index in [1.807, 2.05) is 0 Å². The molecule has 0 fully saturated rings. The highest BCUT2D eigenvalue weighted by atomic mass is 16.6. The average molecular weight is 219 g/mol. The van der Waals surface area contributed by atoms with Gasteiger partial charge in [-0.1, -0.05) is 13.8 Å². The van der Waals surface area contributed by atoms with E-state index in [4.69, 9.17) is 9.84 Å². The summed E-state index contributed by atoms with van der Waals surface area (Å²) in [6, 6.07) is -0.817. The minimum Gasteiger partial charge on any atom is -0.480 e. The van der Waals surface area contributed by atoms with Gasteiger partial charge in [0.2, 0.25) is 6.41 Å². The fourth-order valence-corrected chi connectivity index (χ4v) is 1.07. The highest BCUT2D eigenvalue weighted by molar-refractivity contribution is 5.73. The van der Waals surface area contributed by atoms with Crippen LogP contribution in [0.15, 0.2) is 0 Å². The third-order valence-electron chi connectivity index (χ3n) is 1.72. The minimum absolute atomic E-state index is 0.124. The predicted octanol–water partition coefficient (Wildman–Crippen LogP) is 0.776. The van der Waals surface area contributed by atoms with Gasteiger partial charge in [0.25, 0.3) is 0 Å². The zero-order valence-corrected chi connectivity index (χ0v) is 9.94. The van der Waals surface area contributed by atoms with Crippen molar-refractivity contribution >= 4 is 5.97 Å². The van der Waals surface area contributed by atoms with Gasteiger partial charge in [0.15, 0.2) is 0 Å². The zero-order valence-electron chi connectivity index (χ0n) is 9.94. The number of carbonyl (C=O) groups is 1. The molecule has 0 radical (unpaired) electrons. The molecule has 0 spiro atoms. The fourth-order valence-electron chi connectivity index (χ4n) is 1.07. The summed E-state index contributed by atoms with van der Waals surface area (Å²) in [7, 11) is 0. The summed E-state index contributed by atoms with van der Waals surface area (Å²) in [6.45, 7) is 8.86. The van der Waals surface area contributed by atoms with Crippen molar-refractivity contribution in [3.63, 3.8) is 0 Å². The van der Waals surface area contributed by atoms with Gasteiger partial charge in [-0.05, 0) is 26.7 Å². The predicted molar refractivity (Wildman–Crippen MR) is 56.2 cm³/mol. The third-order valence-corrected chi connectivity index (χ3v) is 1.72. The van der Waals surface area contributed by atoms with Crippen LogP contribution in [0, 0.1) is 5.92 Å². The first-order chi connectivity index (χ1) is 6.63. The maximum absolute atomic E-state index is 10.8. The summed E-state index contributed by atoms with van der Waals surface area (Å²) >= 11 is 0. The Bertz CT molecular complexity index is 210. The highest BCUT2D eigenvalue weighted by Gasteiger charge is 2.26. The first-order valence-corrected chi connectivity index (χ1v) is 4.98. The minimum atomic E-state index is -1.27. The number of carboxylic acids is 1. The topological polar surface area (TPSA) is 78.8 Å². The Labute approximate surface area is 90.4 Å². The molecule has 5 nitrogen and oxygen atoms in total. The summed E-state index contributed by atoms with van der Waals surface area (Å²) in [5.41, 5.74) is -0.521. The molecule has 90 valence electrons. The van der Waals surface area contributed by atoms with Crippen molar-refractivity contribution in [3.8, 4) is 0 Å². The molecule has 2 atom stereocenters. The van der Waals surface area contributed by atoms with Crippen LogP contribution in [0.1, 0.15) is 34.6 Å². The summed E-state index contributed by atoms with van der Waals surface area (Å²) in [5.74, 6) is -1.12. The molecule has 0 bridgehead atoms. The Kier molecular flexibility index (Phi) is 5.20. The molecule has 0 aliphatic heterocycles. The Morgan fingerprint density at radius 3 is 2.07 bits per heavy atom.